The second-order valence-corrected chi connectivity index (χ2v) is 5.08. The van der Waals surface area contributed by atoms with Crippen LogP contribution in [0.3, 0.4) is 0 Å². The molecule has 1 heterocycles. The number of Topliss-reactive ketones (excluding diaryl/α,β-unsaturated/α-hetero) is 1. The molecule has 0 spiro atoms. The third kappa shape index (κ3) is 3.03. The SMILES string of the molecule is O=C(Cc1ccccc1Cl)c1ccn(-c2ccccc2)n1. The van der Waals surface area contributed by atoms with Gasteiger partial charge in [-0.05, 0) is 29.8 Å². The van der Waals surface area contributed by atoms with Crippen molar-refractivity contribution in [3.63, 3.8) is 0 Å². The normalized spacial score (nSPS) is 10.5. The maximum absolute atomic E-state index is 12.3. The predicted molar refractivity (Wildman–Crippen MR) is 83.1 cm³/mol. The Balaban J connectivity index is 1.80. The number of carbonyl (C=O) groups excluding carboxylic acids is 1. The number of benzene rings is 2. The largest absolute Gasteiger partial charge is 0.292 e. The molecule has 0 N–H and O–H groups in total. The molecule has 3 aromatic rings. The highest BCUT2D eigenvalue weighted by Crippen LogP contribution is 2.17. The quantitative estimate of drug-likeness (QED) is 0.683. The van der Waals surface area contributed by atoms with E-state index in [0.29, 0.717) is 10.7 Å². The number of aromatic nitrogens is 2. The lowest BCUT2D eigenvalue weighted by molar-refractivity contribution is 0.0988. The van der Waals surface area contributed by atoms with Gasteiger partial charge in [-0.15, -0.1) is 0 Å². The number of nitrogens with zero attached hydrogens (tertiary/aromatic N) is 2. The molecule has 0 aliphatic rings. The molecule has 4 heteroatoms. The average molecular weight is 297 g/mol. The van der Waals surface area contributed by atoms with E-state index in [0.717, 1.165) is 11.3 Å². The van der Waals surface area contributed by atoms with Crippen molar-refractivity contribution in [1.82, 2.24) is 9.78 Å². The zero-order chi connectivity index (χ0) is 14.7. The lowest BCUT2D eigenvalue weighted by Crippen LogP contribution is -2.06. The average Bonchev–Trinajstić information content (AvgIpc) is 3.00. The summed E-state index contributed by atoms with van der Waals surface area (Å²) in [5.74, 6) is -0.0437. The van der Waals surface area contributed by atoms with E-state index in [9.17, 15) is 4.79 Å². The van der Waals surface area contributed by atoms with E-state index >= 15 is 0 Å². The molecule has 3 nitrogen and oxygen atoms in total. The summed E-state index contributed by atoms with van der Waals surface area (Å²) in [5.41, 5.74) is 2.19. The van der Waals surface area contributed by atoms with Gasteiger partial charge in [0, 0.05) is 17.6 Å². The zero-order valence-electron chi connectivity index (χ0n) is 11.2. The Hall–Kier alpha value is -2.39. The topological polar surface area (TPSA) is 34.9 Å². The summed E-state index contributed by atoms with van der Waals surface area (Å²) in [7, 11) is 0. The molecule has 0 saturated heterocycles. The Morgan fingerprint density at radius 2 is 1.71 bits per heavy atom. The molecular formula is C17H13ClN2O. The highest BCUT2D eigenvalue weighted by Gasteiger charge is 2.12. The van der Waals surface area contributed by atoms with Crippen molar-refractivity contribution in [2.75, 3.05) is 0 Å². The van der Waals surface area contributed by atoms with Gasteiger partial charge < -0.3 is 0 Å². The van der Waals surface area contributed by atoms with Crippen LogP contribution in [-0.2, 0) is 6.42 Å². The van der Waals surface area contributed by atoms with Crippen LogP contribution in [0.5, 0.6) is 0 Å². The van der Waals surface area contributed by atoms with Gasteiger partial charge in [0.2, 0.25) is 0 Å². The van der Waals surface area contributed by atoms with E-state index in [-0.39, 0.29) is 12.2 Å². The highest BCUT2D eigenvalue weighted by atomic mass is 35.5. The number of rotatable bonds is 4. The molecule has 0 saturated carbocycles. The summed E-state index contributed by atoms with van der Waals surface area (Å²) in [6.45, 7) is 0. The number of carbonyl (C=O) groups is 1. The van der Waals surface area contributed by atoms with Gasteiger partial charge in [0.15, 0.2) is 5.78 Å². The van der Waals surface area contributed by atoms with E-state index in [4.69, 9.17) is 11.6 Å². The molecule has 0 radical (unpaired) electrons. The first-order valence-electron chi connectivity index (χ1n) is 6.62. The maximum atomic E-state index is 12.3. The molecule has 0 fully saturated rings. The summed E-state index contributed by atoms with van der Waals surface area (Å²) in [4.78, 5) is 12.3. The Bertz CT molecular complexity index is 765. The molecule has 2 aromatic carbocycles. The molecule has 21 heavy (non-hydrogen) atoms. The van der Waals surface area contributed by atoms with Crippen LogP contribution >= 0.6 is 11.6 Å². The van der Waals surface area contributed by atoms with Crippen molar-refractivity contribution in [2.24, 2.45) is 0 Å². The summed E-state index contributed by atoms with van der Waals surface area (Å²) in [6, 6.07) is 18.8. The summed E-state index contributed by atoms with van der Waals surface area (Å²) >= 11 is 6.08. The van der Waals surface area contributed by atoms with E-state index in [1.54, 1.807) is 23.0 Å². The van der Waals surface area contributed by atoms with Crippen molar-refractivity contribution >= 4 is 17.4 Å². The number of halogens is 1. The number of hydrogen-bond acceptors (Lipinski definition) is 2. The fraction of sp³-hybridized carbons (Fsp3) is 0.0588. The van der Waals surface area contributed by atoms with Crippen LogP contribution in [0.15, 0.2) is 66.9 Å². The van der Waals surface area contributed by atoms with Crippen molar-refractivity contribution in [2.45, 2.75) is 6.42 Å². The number of ketones is 1. The fourth-order valence-corrected chi connectivity index (χ4v) is 2.31. The van der Waals surface area contributed by atoms with Crippen LogP contribution in [0, 0.1) is 0 Å². The first-order valence-corrected chi connectivity index (χ1v) is 6.99. The summed E-state index contributed by atoms with van der Waals surface area (Å²) < 4.78 is 1.69. The van der Waals surface area contributed by atoms with Gasteiger partial charge in [-0.2, -0.15) is 5.10 Å². The van der Waals surface area contributed by atoms with E-state index in [1.807, 2.05) is 48.5 Å². The number of hydrogen-bond donors (Lipinski definition) is 0. The van der Waals surface area contributed by atoms with Crippen molar-refractivity contribution < 1.29 is 4.79 Å². The standard InChI is InChI=1S/C17H13ClN2O/c18-15-9-5-4-6-13(15)12-17(21)16-10-11-20(19-16)14-7-2-1-3-8-14/h1-11H,12H2. The van der Waals surface area contributed by atoms with Crippen molar-refractivity contribution in [3.05, 3.63) is 83.1 Å². The van der Waals surface area contributed by atoms with E-state index in [1.165, 1.54) is 0 Å². The molecule has 1 aromatic heterocycles. The third-order valence-electron chi connectivity index (χ3n) is 3.20. The fourth-order valence-electron chi connectivity index (χ4n) is 2.10. The molecule has 0 atom stereocenters. The van der Waals surface area contributed by atoms with Gasteiger partial charge in [-0.25, -0.2) is 4.68 Å². The Morgan fingerprint density at radius 1 is 1.00 bits per heavy atom. The third-order valence-corrected chi connectivity index (χ3v) is 3.57. The Morgan fingerprint density at radius 3 is 2.48 bits per heavy atom. The van der Waals surface area contributed by atoms with Gasteiger partial charge in [0.05, 0.1) is 5.69 Å². The van der Waals surface area contributed by atoms with Crippen LogP contribution in [0.2, 0.25) is 5.02 Å². The molecule has 0 amide bonds. The second kappa shape index (κ2) is 5.94. The lowest BCUT2D eigenvalue weighted by atomic mass is 10.1. The summed E-state index contributed by atoms with van der Waals surface area (Å²) in [6.07, 6.45) is 2.04. The van der Waals surface area contributed by atoms with Gasteiger partial charge in [0.25, 0.3) is 0 Å². The van der Waals surface area contributed by atoms with Gasteiger partial charge in [-0.1, -0.05) is 48.0 Å². The highest BCUT2D eigenvalue weighted by molar-refractivity contribution is 6.31. The minimum atomic E-state index is -0.0437. The van der Waals surface area contributed by atoms with Crippen molar-refractivity contribution in [1.29, 1.82) is 0 Å². The van der Waals surface area contributed by atoms with Gasteiger partial charge in [0.1, 0.15) is 5.69 Å². The second-order valence-electron chi connectivity index (χ2n) is 4.67. The first kappa shape index (κ1) is 13.6. The predicted octanol–water partition coefficient (Wildman–Crippen LogP) is 3.95. The molecule has 3 rings (SSSR count). The smallest absolute Gasteiger partial charge is 0.187 e. The van der Waals surface area contributed by atoms with Gasteiger partial charge >= 0.3 is 0 Å². The van der Waals surface area contributed by atoms with E-state index < -0.39 is 0 Å². The minimum Gasteiger partial charge on any atom is -0.292 e. The van der Waals surface area contributed by atoms with Crippen molar-refractivity contribution in [3.8, 4) is 5.69 Å². The Labute approximate surface area is 127 Å². The molecule has 0 unspecified atom stereocenters. The van der Waals surface area contributed by atoms with Crippen LogP contribution < -0.4 is 0 Å². The van der Waals surface area contributed by atoms with Gasteiger partial charge in [-0.3, -0.25) is 4.79 Å². The molecule has 0 aliphatic heterocycles. The first-order chi connectivity index (χ1) is 10.2. The van der Waals surface area contributed by atoms with E-state index in [2.05, 4.69) is 5.10 Å². The lowest BCUT2D eigenvalue weighted by Gasteiger charge is -2.02. The van der Waals surface area contributed by atoms with Crippen LogP contribution in [0.25, 0.3) is 5.69 Å². The zero-order valence-corrected chi connectivity index (χ0v) is 12.0. The number of para-hydroxylation sites is 1. The monoisotopic (exact) mass is 296 g/mol. The molecule has 0 aliphatic carbocycles. The van der Waals surface area contributed by atoms with Crippen LogP contribution in [0.4, 0.5) is 0 Å². The molecular weight excluding hydrogens is 284 g/mol. The summed E-state index contributed by atoms with van der Waals surface area (Å²) in [5, 5.41) is 4.94. The molecule has 104 valence electrons. The molecule has 0 bridgehead atoms. The Kier molecular flexibility index (Phi) is 3.84. The van der Waals surface area contributed by atoms with Crippen LogP contribution in [-0.4, -0.2) is 15.6 Å². The van der Waals surface area contributed by atoms with Crippen LogP contribution in [0.1, 0.15) is 16.1 Å². The maximum Gasteiger partial charge on any atom is 0.187 e. The minimum absolute atomic E-state index is 0.0437.